The maximum absolute atomic E-state index is 12.0. The second-order valence-corrected chi connectivity index (χ2v) is 6.22. The number of hydrogen-bond acceptors (Lipinski definition) is 3. The standard InChI is InChI=1S/C12H21NO2S/c1-16-10-5-4-9(8-10)13-11(14)12(15)6-2-3-7-12/h9-10,15H,2-8H2,1H3,(H,13,14). The summed E-state index contributed by atoms with van der Waals surface area (Å²) in [5, 5.41) is 13.8. The van der Waals surface area contributed by atoms with Crippen molar-refractivity contribution in [2.75, 3.05) is 6.26 Å². The average Bonchev–Trinajstić information content (AvgIpc) is 2.88. The minimum Gasteiger partial charge on any atom is -0.380 e. The Hall–Kier alpha value is -0.220. The van der Waals surface area contributed by atoms with Crippen LogP contribution < -0.4 is 5.32 Å². The summed E-state index contributed by atoms with van der Waals surface area (Å²) in [6.45, 7) is 0. The molecule has 0 bridgehead atoms. The molecule has 4 heteroatoms. The summed E-state index contributed by atoms with van der Waals surface area (Å²) in [4.78, 5) is 12.0. The smallest absolute Gasteiger partial charge is 0.252 e. The quantitative estimate of drug-likeness (QED) is 0.793. The number of aliphatic hydroxyl groups is 1. The molecule has 2 rings (SSSR count). The molecule has 2 unspecified atom stereocenters. The molecule has 2 fully saturated rings. The van der Waals surface area contributed by atoms with Gasteiger partial charge >= 0.3 is 0 Å². The highest BCUT2D eigenvalue weighted by atomic mass is 32.2. The normalized spacial score (nSPS) is 32.9. The van der Waals surface area contributed by atoms with E-state index in [2.05, 4.69) is 11.6 Å². The van der Waals surface area contributed by atoms with Gasteiger partial charge in [0.1, 0.15) is 5.60 Å². The molecule has 0 aromatic carbocycles. The van der Waals surface area contributed by atoms with Gasteiger partial charge in [-0.15, -0.1) is 0 Å². The Balaban J connectivity index is 1.83. The van der Waals surface area contributed by atoms with E-state index >= 15 is 0 Å². The Morgan fingerprint density at radius 2 is 2.06 bits per heavy atom. The van der Waals surface area contributed by atoms with Crippen LogP contribution in [0.1, 0.15) is 44.9 Å². The van der Waals surface area contributed by atoms with Gasteiger partial charge in [-0.05, 0) is 51.2 Å². The van der Waals surface area contributed by atoms with E-state index in [9.17, 15) is 9.90 Å². The first-order valence-electron chi connectivity index (χ1n) is 6.20. The van der Waals surface area contributed by atoms with Crippen molar-refractivity contribution in [2.24, 2.45) is 0 Å². The highest BCUT2D eigenvalue weighted by Crippen LogP contribution is 2.32. The molecule has 0 saturated heterocycles. The monoisotopic (exact) mass is 243 g/mol. The lowest BCUT2D eigenvalue weighted by atomic mass is 10.0. The Labute approximate surface area is 101 Å². The second-order valence-electron chi connectivity index (χ2n) is 5.08. The fourth-order valence-corrected chi connectivity index (χ4v) is 3.59. The van der Waals surface area contributed by atoms with E-state index in [0.29, 0.717) is 18.1 Å². The molecule has 2 aliphatic carbocycles. The Morgan fingerprint density at radius 3 is 2.62 bits per heavy atom. The van der Waals surface area contributed by atoms with Crippen LogP contribution in [0.2, 0.25) is 0 Å². The Bertz CT molecular complexity index is 264. The molecule has 0 spiro atoms. The molecule has 0 aromatic rings. The summed E-state index contributed by atoms with van der Waals surface area (Å²) < 4.78 is 0. The van der Waals surface area contributed by atoms with Crippen LogP contribution in [0.3, 0.4) is 0 Å². The van der Waals surface area contributed by atoms with Crippen molar-refractivity contribution >= 4 is 17.7 Å². The summed E-state index contributed by atoms with van der Waals surface area (Å²) in [6, 6.07) is 0.287. The zero-order valence-corrected chi connectivity index (χ0v) is 10.7. The number of carbonyl (C=O) groups is 1. The number of nitrogens with one attached hydrogen (secondary N) is 1. The Morgan fingerprint density at radius 1 is 1.38 bits per heavy atom. The molecule has 16 heavy (non-hydrogen) atoms. The van der Waals surface area contributed by atoms with Gasteiger partial charge in [0.05, 0.1) is 0 Å². The summed E-state index contributed by atoms with van der Waals surface area (Å²) in [6.07, 6.45) is 8.65. The number of rotatable bonds is 3. The average molecular weight is 243 g/mol. The number of thioether (sulfide) groups is 1. The molecule has 2 atom stereocenters. The summed E-state index contributed by atoms with van der Waals surface area (Å²) in [5.74, 6) is -0.128. The number of amides is 1. The first kappa shape index (κ1) is 12.2. The SMILES string of the molecule is CSC1CCC(NC(=O)C2(O)CCCC2)C1. The fraction of sp³-hybridized carbons (Fsp3) is 0.917. The van der Waals surface area contributed by atoms with Gasteiger partial charge < -0.3 is 10.4 Å². The van der Waals surface area contributed by atoms with Crippen molar-refractivity contribution in [3.8, 4) is 0 Å². The summed E-state index contributed by atoms with van der Waals surface area (Å²) in [7, 11) is 0. The maximum atomic E-state index is 12.0. The molecule has 0 aromatic heterocycles. The molecule has 2 saturated carbocycles. The lowest BCUT2D eigenvalue weighted by Crippen LogP contribution is -2.48. The van der Waals surface area contributed by atoms with Crippen molar-refractivity contribution < 1.29 is 9.90 Å². The van der Waals surface area contributed by atoms with Gasteiger partial charge in [-0.2, -0.15) is 11.8 Å². The van der Waals surface area contributed by atoms with Crippen molar-refractivity contribution in [1.82, 2.24) is 5.32 Å². The summed E-state index contributed by atoms with van der Waals surface area (Å²) >= 11 is 1.88. The lowest BCUT2D eigenvalue weighted by molar-refractivity contribution is -0.139. The second kappa shape index (κ2) is 4.96. The topological polar surface area (TPSA) is 49.3 Å². The van der Waals surface area contributed by atoms with E-state index in [1.54, 1.807) is 0 Å². The van der Waals surface area contributed by atoms with Gasteiger partial charge in [0, 0.05) is 11.3 Å². The Kier molecular flexibility index (Phi) is 3.80. The van der Waals surface area contributed by atoms with Gasteiger partial charge in [-0.1, -0.05) is 0 Å². The van der Waals surface area contributed by atoms with E-state index in [1.165, 1.54) is 6.42 Å². The zero-order valence-electron chi connectivity index (χ0n) is 9.87. The van der Waals surface area contributed by atoms with E-state index in [0.717, 1.165) is 25.7 Å². The van der Waals surface area contributed by atoms with Gasteiger partial charge in [0.15, 0.2) is 0 Å². The molecular weight excluding hydrogens is 222 g/mol. The third kappa shape index (κ3) is 2.54. The van der Waals surface area contributed by atoms with Crippen LogP contribution in [0.5, 0.6) is 0 Å². The van der Waals surface area contributed by atoms with E-state index in [1.807, 2.05) is 11.8 Å². The number of hydrogen-bond donors (Lipinski definition) is 2. The molecule has 1 amide bonds. The molecule has 0 aliphatic heterocycles. The molecule has 0 radical (unpaired) electrons. The third-order valence-electron chi connectivity index (χ3n) is 3.91. The molecule has 92 valence electrons. The van der Waals surface area contributed by atoms with E-state index < -0.39 is 5.60 Å². The van der Waals surface area contributed by atoms with E-state index in [4.69, 9.17) is 0 Å². The minimum absolute atomic E-state index is 0.128. The molecule has 2 aliphatic rings. The van der Waals surface area contributed by atoms with Gasteiger partial charge in [-0.3, -0.25) is 4.79 Å². The van der Waals surface area contributed by atoms with Gasteiger partial charge in [0.25, 0.3) is 5.91 Å². The molecule has 0 heterocycles. The van der Waals surface area contributed by atoms with Gasteiger partial charge in [-0.25, -0.2) is 0 Å². The van der Waals surface area contributed by atoms with Crippen LogP contribution in [0.25, 0.3) is 0 Å². The van der Waals surface area contributed by atoms with Crippen LogP contribution in [-0.2, 0) is 4.79 Å². The molecule has 3 nitrogen and oxygen atoms in total. The van der Waals surface area contributed by atoms with Crippen LogP contribution in [-0.4, -0.2) is 34.2 Å². The highest BCUT2D eigenvalue weighted by Gasteiger charge is 2.40. The first-order valence-corrected chi connectivity index (χ1v) is 7.49. The van der Waals surface area contributed by atoms with Crippen molar-refractivity contribution in [1.29, 1.82) is 0 Å². The summed E-state index contributed by atoms with van der Waals surface area (Å²) in [5.41, 5.74) is -1.06. The van der Waals surface area contributed by atoms with Crippen molar-refractivity contribution in [3.05, 3.63) is 0 Å². The predicted molar refractivity (Wildman–Crippen MR) is 66.5 cm³/mol. The van der Waals surface area contributed by atoms with Crippen LogP contribution in [0.4, 0.5) is 0 Å². The maximum Gasteiger partial charge on any atom is 0.252 e. The molecular formula is C12H21NO2S. The fourth-order valence-electron chi connectivity index (χ4n) is 2.79. The lowest BCUT2D eigenvalue weighted by Gasteiger charge is -2.23. The minimum atomic E-state index is -1.06. The molecule has 2 N–H and O–H groups in total. The first-order chi connectivity index (χ1) is 7.64. The van der Waals surface area contributed by atoms with Crippen LogP contribution >= 0.6 is 11.8 Å². The van der Waals surface area contributed by atoms with Crippen LogP contribution in [0, 0.1) is 0 Å². The highest BCUT2D eigenvalue weighted by molar-refractivity contribution is 7.99. The van der Waals surface area contributed by atoms with Gasteiger partial charge in [0.2, 0.25) is 0 Å². The zero-order chi connectivity index (χ0) is 11.6. The van der Waals surface area contributed by atoms with E-state index in [-0.39, 0.29) is 11.9 Å². The van der Waals surface area contributed by atoms with Crippen LogP contribution in [0.15, 0.2) is 0 Å². The largest absolute Gasteiger partial charge is 0.380 e. The number of carbonyl (C=O) groups excluding carboxylic acids is 1. The van der Waals surface area contributed by atoms with Crippen molar-refractivity contribution in [3.63, 3.8) is 0 Å². The van der Waals surface area contributed by atoms with Crippen molar-refractivity contribution in [2.45, 2.75) is 61.8 Å². The predicted octanol–water partition coefficient (Wildman–Crippen LogP) is 1.69. The third-order valence-corrected chi connectivity index (χ3v) is 5.00.